The zero-order valence-electron chi connectivity index (χ0n) is 10.4. The van der Waals surface area contributed by atoms with Gasteiger partial charge in [0.2, 0.25) is 0 Å². The summed E-state index contributed by atoms with van der Waals surface area (Å²) in [6.07, 6.45) is 3.58. The van der Waals surface area contributed by atoms with Gasteiger partial charge in [0.15, 0.2) is 23.3 Å². The maximum Gasteiger partial charge on any atom is 0.194 e. The van der Waals surface area contributed by atoms with Gasteiger partial charge in [0.1, 0.15) is 5.15 Å². The SMILES string of the molecule is Fc1cc(-c2nc(Cl)c3c(n2)CCCC3)cc(F)c1F. The van der Waals surface area contributed by atoms with Crippen molar-refractivity contribution in [3.8, 4) is 11.4 Å². The number of benzene rings is 1. The number of hydrogen-bond donors (Lipinski definition) is 0. The Bertz CT molecular complexity index is 665. The molecule has 1 aliphatic carbocycles. The maximum atomic E-state index is 13.3. The van der Waals surface area contributed by atoms with Crippen molar-refractivity contribution in [2.45, 2.75) is 25.7 Å². The summed E-state index contributed by atoms with van der Waals surface area (Å²) in [6, 6.07) is 1.75. The van der Waals surface area contributed by atoms with E-state index in [4.69, 9.17) is 11.6 Å². The summed E-state index contributed by atoms with van der Waals surface area (Å²) in [7, 11) is 0. The van der Waals surface area contributed by atoms with Gasteiger partial charge in [-0.05, 0) is 37.8 Å². The van der Waals surface area contributed by atoms with Crippen LogP contribution in [0.1, 0.15) is 24.1 Å². The number of nitrogens with zero attached hydrogens (tertiary/aromatic N) is 2. The van der Waals surface area contributed by atoms with Gasteiger partial charge in [-0.3, -0.25) is 0 Å². The largest absolute Gasteiger partial charge is 0.233 e. The third-order valence-corrected chi connectivity index (χ3v) is 3.69. The molecule has 0 aliphatic heterocycles. The second kappa shape index (κ2) is 5.05. The lowest BCUT2D eigenvalue weighted by Gasteiger charge is -2.16. The van der Waals surface area contributed by atoms with E-state index in [1.807, 2.05) is 0 Å². The number of rotatable bonds is 1. The summed E-state index contributed by atoms with van der Waals surface area (Å²) in [4.78, 5) is 8.37. The molecule has 0 spiro atoms. The third-order valence-electron chi connectivity index (χ3n) is 3.37. The smallest absolute Gasteiger partial charge is 0.194 e. The Morgan fingerprint density at radius 1 is 0.950 bits per heavy atom. The molecule has 1 aliphatic rings. The molecule has 0 N–H and O–H groups in total. The van der Waals surface area contributed by atoms with Crippen LogP contribution in [0.3, 0.4) is 0 Å². The first kappa shape index (κ1) is 13.4. The fourth-order valence-corrected chi connectivity index (χ4v) is 2.65. The topological polar surface area (TPSA) is 25.8 Å². The molecule has 0 fully saturated rings. The minimum atomic E-state index is -1.50. The van der Waals surface area contributed by atoms with Crippen LogP contribution in [0.15, 0.2) is 12.1 Å². The average molecular weight is 299 g/mol. The molecule has 0 bridgehead atoms. The molecule has 0 atom stereocenters. The van der Waals surface area contributed by atoms with E-state index in [1.54, 1.807) is 0 Å². The summed E-state index contributed by atoms with van der Waals surface area (Å²) < 4.78 is 39.5. The number of hydrogen-bond acceptors (Lipinski definition) is 2. The van der Waals surface area contributed by atoms with Crippen LogP contribution in [-0.2, 0) is 12.8 Å². The molecule has 1 aromatic carbocycles. The molecule has 3 rings (SSSR count). The van der Waals surface area contributed by atoms with Gasteiger partial charge in [0.25, 0.3) is 0 Å². The molecule has 104 valence electrons. The van der Waals surface area contributed by atoms with Crippen molar-refractivity contribution < 1.29 is 13.2 Å². The highest BCUT2D eigenvalue weighted by molar-refractivity contribution is 6.30. The summed E-state index contributed by atoms with van der Waals surface area (Å²) >= 11 is 6.10. The summed E-state index contributed by atoms with van der Waals surface area (Å²) in [6.45, 7) is 0. The molecule has 1 aromatic heterocycles. The van der Waals surface area contributed by atoms with Crippen LogP contribution in [0.25, 0.3) is 11.4 Å². The predicted molar refractivity (Wildman–Crippen MR) is 69.0 cm³/mol. The summed E-state index contributed by atoms with van der Waals surface area (Å²) in [5, 5.41) is 0.301. The van der Waals surface area contributed by atoms with Gasteiger partial charge in [-0.25, -0.2) is 23.1 Å². The first-order valence-corrected chi connectivity index (χ1v) is 6.64. The second-order valence-corrected chi connectivity index (χ2v) is 5.08. The highest BCUT2D eigenvalue weighted by Gasteiger charge is 2.19. The van der Waals surface area contributed by atoms with Crippen molar-refractivity contribution in [3.63, 3.8) is 0 Å². The lowest BCUT2D eigenvalue weighted by molar-refractivity contribution is 0.447. The van der Waals surface area contributed by atoms with Crippen molar-refractivity contribution in [1.29, 1.82) is 0 Å². The van der Waals surface area contributed by atoms with E-state index in [2.05, 4.69) is 9.97 Å². The molecule has 2 nitrogen and oxygen atoms in total. The van der Waals surface area contributed by atoms with E-state index in [9.17, 15) is 13.2 Å². The van der Waals surface area contributed by atoms with Crippen LogP contribution < -0.4 is 0 Å². The molecule has 0 saturated carbocycles. The van der Waals surface area contributed by atoms with Crippen molar-refractivity contribution >= 4 is 11.6 Å². The van der Waals surface area contributed by atoms with Crippen LogP contribution >= 0.6 is 11.6 Å². The standard InChI is InChI=1S/C14H10ClF3N2/c15-13-8-3-1-2-4-11(8)19-14(20-13)7-5-9(16)12(18)10(17)6-7/h5-6H,1-4H2. The molecule has 6 heteroatoms. The van der Waals surface area contributed by atoms with Gasteiger partial charge in [0, 0.05) is 16.8 Å². The van der Waals surface area contributed by atoms with Gasteiger partial charge in [-0.15, -0.1) is 0 Å². The maximum absolute atomic E-state index is 13.3. The first-order valence-electron chi connectivity index (χ1n) is 6.26. The van der Waals surface area contributed by atoms with Crippen LogP contribution in [0, 0.1) is 17.5 Å². The van der Waals surface area contributed by atoms with E-state index < -0.39 is 17.5 Å². The normalized spacial score (nSPS) is 14.2. The number of halogens is 4. The number of aromatic nitrogens is 2. The van der Waals surface area contributed by atoms with E-state index in [-0.39, 0.29) is 11.4 Å². The lowest BCUT2D eigenvalue weighted by atomic mass is 9.97. The average Bonchev–Trinajstić information content (AvgIpc) is 2.44. The zero-order valence-corrected chi connectivity index (χ0v) is 11.1. The molecule has 0 amide bonds. The van der Waals surface area contributed by atoms with Gasteiger partial charge < -0.3 is 0 Å². The fourth-order valence-electron chi connectivity index (χ4n) is 2.36. The molecule has 2 aromatic rings. The molecular weight excluding hydrogens is 289 g/mol. The van der Waals surface area contributed by atoms with E-state index in [0.717, 1.165) is 49.1 Å². The van der Waals surface area contributed by atoms with E-state index >= 15 is 0 Å². The molecular formula is C14H10ClF3N2. The van der Waals surface area contributed by atoms with Crippen LogP contribution in [0.2, 0.25) is 5.15 Å². The van der Waals surface area contributed by atoms with Crippen molar-refractivity contribution in [2.75, 3.05) is 0 Å². The van der Waals surface area contributed by atoms with Crippen LogP contribution in [-0.4, -0.2) is 9.97 Å². The van der Waals surface area contributed by atoms with Crippen molar-refractivity contribution in [1.82, 2.24) is 9.97 Å². The lowest BCUT2D eigenvalue weighted by Crippen LogP contribution is -2.09. The molecule has 0 unspecified atom stereocenters. The van der Waals surface area contributed by atoms with Crippen molar-refractivity contribution in [3.05, 3.63) is 46.0 Å². The van der Waals surface area contributed by atoms with Gasteiger partial charge in [-0.2, -0.15) is 0 Å². The minimum Gasteiger partial charge on any atom is -0.233 e. The molecule has 0 radical (unpaired) electrons. The Morgan fingerprint density at radius 3 is 2.30 bits per heavy atom. The second-order valence-electron chi connectivity index (χ2n) is 4.72. The van der Waals surface area contributed by atoms with Crippen molar-refractivity contribution in [2.24, 2.45) is 0 Å². The molecule has 20 heavy (non-hydrogen) atoms. The molecule has 1 heterocycles. The predicted octanol–water partition coefficient (Wildman–Crippen LogP) is 4.09. The Labute approximate surface area is 118 Å². The summed E-state index contributed by atoms with van der Waals surface area (Å²) in [5.41, 5.74) is 1.78. The molecule has 0 saturated heterocycles. The quantitative estimate of drug-likeness (QED) is 0.585. The van der Waals surface area contributed by atoms with Gasteiger partial charge in [-0.1, -0.05) is 11.6 Å². The Hall–Kier alpha value is -1.62. The summed E-state index contributed by atoms with van der Waals surface area (Å²) in [5.74, 6) is -3.92. The van der Waals surface area contributed by atoms with Crippen LogP contribution in [0.5, 0.6) is 0 Å². The first-order chi connectivity index (χ1) is 9.56. The van der Waals surface area contributed by atoms with E-state index in [1.165, 1.54) is 0 Å². The highest BCUT2D eigenvalue weighted by atomic mass is 35.5. The zero-order chi connectivity index (χ0) is 14.3. The Balaban J connectivity index is 2.13. The highest BCUT2D eigenvalue weighted by Crippen LogP contribution is 2.29. The van der Waals surface area contributed by atoms with Gasteiger partial charge >= 0.3 is 0 Å². The monoisotopic (exact) mass is 298 g/mol. The Kier molecular flexibility index (Phi) is 3.38. The van der Waals surface area contributed by atoms with E-state index in [0.29, 0.717) is 5.15 Å². The number of fused-ring (bicyclic) bond motifs is 1. The number of aryl methyl sites for hydroxylation is 1. The third kappa shape index (κ3) is 2.26. The van der Waals surface area contributed by atoms with Gasteiger partial charge in [0.05, 0.1) is 0 Å². The minimum absolute atomic E-state index is 0.0803. The van der Waals surface area contributed by atoms with Crippen LogP contribution in [0.4, 0.5) is 13.2 Å². The fraction of sp³-hybridized carbons (Fsp3) is 0.286. The Morgan fingerprint density at radius 2 is 1.60 bits per heavy atom.